The van der Waals surface area contributed by atoms with Crippen LogP contribution in [0.2, 0.25) is 0 Å². The van der Waals surface area contributed by atoms with Gasteiger partial charge in [0.05, 0.1) is 19.2 Å². The smallest absolute Gasteiger partial charge is 0.264 e. The van der Waals surface area contributed by atoms with Crippen molar-refractivity contribution in [3.8, 4) is 5.75 Å². The summed E-state index contributed by atoms with van der Waals surface area (Å²) in [4.78, 5) is 21.7. The number of nitrogens with zero attached hydrogens (tertiary/aromatic N) is 3. The monoisotopic (exact) mass is 450 g/mol. The molecule has 0 fully saturated rings. The van der Waals surface area contributed by atoms with E-state index in [0.717, 1.165) is 23.1 Å². The first-order chi connectivity index (χ1) is 15.2. The summed E-state index contributed by atoms with van der Waals surface area (Å²) < 4.78 is 31.0. The molecule has 0 saturated heterocycles. The Morgan fingerprint density at radius 2 is 1.81 bits per heavy atom. The summed E-state index contributed by atoms with van der Waals surface area (Å²) in [6, 6.07) is 16.5. The topological polar surface area (TPSA) is 103 Å². The van der Waals surface area contributed by atoms with Crippen LogP contribution in [0.3, 0.4) is 0 Å². The van der Waals surface area contributed by atoms with Crippen LogP contribution in [0.1, 0.15) is 11.1 Å². The molecule has 1 N–H and O–H groups in total. The van der Waals surface area contributed by atoms with Gasteiger partial charge < -0.3 is 14.6 Å². The lowest BCUT2D eigenvalue weighted by Crippen LogP contribution is -2.22. The van der Waals surface area contributed by atoms with E-state index in [9.17, 15) is 13.2 Å². The van der Waals surface area contributed by atoms with E-state index in [2.05, 4.69) is 15.3 Å². The lowest BCUT2D eigenvalue weighted by molar-refractivity contribution is 0.414. The van der Waals surface area contributed by atoms with Crippen LogP contribution < -0.4 is 15.6 Å². The highest BCUT2D eigenvalue weighted by Gasteiger charge is 2.19. The molecule has 0 saturated carbocycles. The van der Waals surface area contributed by atoms with Gasteiger partial charge in [-0.3, -0.25) is 4.79 Å². The molecule has 0 aliphatic heterocycles. The SMILES string of the molecule is COc1ccc(Cn2ccc3nc(S(C)(=O)=O)nc(Nc4cccc(C)c4)c3c2=O)cc1. The summed E-state index contributed by atoms with van der Waals surface area (Å²) in [5, 5.41) is 2.98. The van der Waals surface area contributed by atoms with Gasteiger partial charge in [0.25, 0.3) is 5.56 Å². The highest BCUT2D eigenvalue weighted by atomic mass is 32.2. The highest BCUT2D eigenvalue weighted by molar-refractivity contribution is 7.90. The van der Waals surface area contributed by atoms with Gasteiger partial charge in [-0.15, -0.1) is 0 Å². The zero-order chi connectivity index (χ0) is 22.9. The first kappa shape index (κ1) is 21.5. The number of fused-ring (bicyclic) bond motifs is 1. The lowest BCUT2D eigenvalue weighted by atomic mass is 10.2. The molecule has 0 spiro atoms. The Morgan fingerprint density at radius 1 is 1.06 bits per heavy atom. The van der Waals surface area contributed by atoms with Crippen LogP contribution in [0.5, 0.6) is 5.75 Å². The van der Waals surface area contributed by atoms with E-state index in [0.29, 0.717) is 12.2 Å². The molecular weight excluding hydrogens is 428 g/mol. The average molecular weight is 451 g/mol. The average Bonchev–Trinajstić information content (AvgIpc) is 2.75. The fraction of sp³-hybridized carbons (Fsp3) is 0.174. The third-order valence-electron chi connectivity index (χ3n) is 4.93. The van der Waals surface area contributed by atoms with Crippen molar-refractivity contribution in [1.29, 1.82) is 0 Å². The number of aryl methyl sites for hydroxylation is 1. The quantitative estimate of drug-likeness (QED) is 0.450. The van der Waals surface area contributed by atoms with Gasteiger partial charge in [-0.05, 0) is 48.4 Å². The zero-order valence-electron chi connectivity index (χ0n) is 17.9. The van der Waals surface area contributed by atoms with E-state index < -0.39 is 9.84 Å². The summed E-state index contributed by atoms with van der Waals surface area (Å²) in [5.74, 6) is 0.876. The van der Waals surface area contributed by atoms with E-state index in [1.165, 1.54) is 4.57 Å². The number of ether oxygens (including phenoxy) is 1. The highest BCUT2D eigenvalue weighted by Crippen LogP contribution is 2.23. The normalized spacial score (nSPS) is 11.5. The number of benzene rings is 2. The maximum Gasteiger partial charge on any atom is 0.264 e. The molecule has 0 bridgehead atoms. The van der Waals surface area contributed by atoms with Gasteiger partial charge in [-0.1, -0.05) is 24.3 Å². The summed E-state index contributed by atoms with van der Waals surface area (Å²) in [7, 11) is -2.08. The molecular formula is C23H22N4O4S. The second kappa shape index (κ2) is 8.43. The number of rotatable bonds is 6. The van der Waals surface area contributed by atoms with E-state index in [-0.39, 0.29) is 27.4 Å². The minimum absolute atomic E-state index is 0.148. The number of hydrogen-bond donors (Lipinski definition) is 1. The first-order valence-electron chi connectivity index (χ1n) is 9.82. The van der Waals surface area contributed by atoms with E-state index in [1.54, 1.807) is 19.4 Å². The van der Waals surface area contributed by atoms with Crippen molar-refractivity contribution in [2.45, 2.75) is 18.6 Å². The van der Waals surface area contributed by atoms with E-state index >= 15 is 0 Å². The molecule has 8 nitrogen and oxygen atoms in total. The van der Waals surface area contributed by atoms with E-state index in [1.807, 2.05) is 55.5 Å². The Kier molecular flexibility index (Phi) is 5.67. The molecule has 4 aromatic rings. The van der Waals surface area contributed by atoms with E-state index in [4.69, 9.17) is 4.74 Å². The van der Waals surface area contributed by atoms with Crippen molar-refractivity contribution in [3.05, 3.63) is 82.3 Å². The minimum Gasteiger partial charge on any atom is -0.497 e. The zero-order valence-corrected chi connectivity index (χ0v) is 18.7. The van der Waals surface area contributed by atoms with Crippen molar-refractivity contribution in [1.82, 2.24) is 14.5 Å². The largest absolute Gasteiger partial charge is 0.497 e. The van der Waals surface area contributed by atoms with Gasteiger partial charge in [0, 0.05) is 18.1 Å². The molecule has 0 aliphatic carbocycles. The number of methoxy groups -OCH3 is 1. The van der Waals surface area contributed by atoms with Crippen molar-refractivity contribution in [3.63, 3.8) is 0 Å². The van der Waals surface area contributed by atoms with Crippen LogP contribution in [0.25, 0.3) is 10.9 Å². The molecule has 4 rings (SSSR count). The van der Waals surface area contributed by atoms with Crippen LogP contribution in [-0.2, 0) is 16.4 Å². The Morgan fingerprint density at radius 3 is 2.47 bits per heavy atom. The summed E-state index contributed by atoms with van der Waals surface area (Å²) in [6.07, 6.45) is 2.64. The molecule has 164 valence electrons. The first-order valence-corrected chi connectivity index (χ1v) is 11.7. The molecule has 2 aromatic heterocycles. The van der Waals surface area contributed by atoms with Crippen LogP contribution in [0.15, 0.2) is 70.7 Å². The van der Waals surface area contributed by atoms with Gasteiger partial charge in [0.2, 0.25) is 15.0 Å². The van der Waals surface area contributed by atoms with Gasteiger partial charge in [-0.2, -0.15) is 4.98 Å². The Labute approximate surface area is 185 Å². The second-order valence-corrected chi connectivity index (χ2v) is 9.39. The van der Waals surface area contributed by atoms with Gasteiger partial charge >= 0.3 is 0 Å². The second-order valence-electron chi connectivity index (χ2n) is 7.48. The molecule has 9 heteroatoms. The number of nitrogens with one attached hydrogen (secondary N) is 1. The molecule has 2 aromatic carbocycles. The molecule has 2 heterocycles. The van der Waals surface area contributed by atoms with Crippen molar-refractivity contribution < 1.29 is 13.2 Å². The fourth-order valence-corrected chi connectivity index (χ4v) is 3.85. The Bertz CT molecular complexity index is 1460. The fourth-order valence-electron chi connectivity index (χ4n) is 3.33. The lowest BCUT2D eigenvalue weighted by Gasteiger charge is -2.13. The molecule has 32 heavy (non-hydrogen) atoms. The van der Waals surface area contributed by atoms with Crippen molar-refractivity contribution in [2.24, 2.45) is 0 Å². The number of pyridine rings is 1. The Balaban J connectivity index is 1.85. The Hall–Kier alpha value is -3.72. The van der Waals surface area contributed by atoms with Crippen LogP contribution in [0, 0.1) is 6.92 Å². The summed E-state index contributed by atoms with van der Waals surface area (Å²) in [6.45, 7) is 2.27. The van der Waals surface area contributed by atoms with Gasteiger partial charge in [0.15, 0.2) is 0 Å². The molecule has 0 radical (unpaired) electrons. The number of anilines is 2. The number of sulfone groups is 1. The molecule has 0 aliphatic rings. The third-order valence-corrected chi connectivity index (χ3v) is 5.77. The predicted molar refractivity (Wildman–Crippen MR) is 123 cm³/mol. The predicted octanol–water partition coefficient (Wildman–Crippen LogP) is 3.30. The number of hydrogen-bond acceptors (Lipinski definition) is 7. The summed E-state index contributed by atoms with van der Waals surface area (Å²) in [5.41, 5.74) is 2.54. The van der Waals surface area contributed by atoms with Crippen molar-refractivity contribution in [2.75, 3.05) is 18.7 Å². The third kappa shape index (κ3) is 4.47. The molecule has 0 atom stereocenters. The number of aromatic nitrogens is 3. The van der Waals surface area contributed by atoms with Crippen LogP contribution in [-0.4, -0.2) is 36.3 Å². The molecule has 0 amide bonds. The van der Waals surface area contributed by atoms with Crippen LogP contribution in [0.4, 0.5) is 11.5 Å². The van der Waals surface area contributed by atoms with Gasteiger partial charge in [0.1, 0.15) is 17.0 Å². The molecule has 0 unspecified atom stereocenters. The van der Waals surface area contributed by atoms with Gasteiger partial charge in [-0.25, -0.2) is 13.4 Å². The van der Waals surface area contributed by atoms with Crippen molar-refractivity contribution >= 4 is 32.2 Å². The van der Waals surface area contributed by atoms with Crippen LogP contribution >= 0.6 is 0 Å². The maximum atomic E-state index is 13.4. The minimum atomic E-state index is -3.68. The summed E-state index contributed by atoms with van der Waals surface area (Å²) >= 11 is 0. The standard InChI is InChI=1S/C23H22N4O4S/c1-15-5-4-6-17(13-15)24-21-20-19(25-23(26-21)32(3,29)30)11-12-27(22(20)28)14-16-7-9-18(31-2)10-8-16/h4-13H,14H2,1-3H3,(H,24,25,26). The maximum absolute atomic E-state index is 13.4.